The van der Waals surface area contributed by atoms with Crippen LogP contribution in [0.1, 0.15) is 73.1 Å². The molecule has 0 unspecified atom stereocenters. The molecule has 0 fully saturated rings. The third-order valence-electron chi connectivity index (χ3n) is 9.99. The zero-order valence-electron chi connectivity index (χ0n) is 35.5. The van der Waals surface area contributed by atoms with Crippen LogP contribution in [0.5, 0.6) is 5.75 Å². The average Bonchev–Trinajstić information content (AvgIpc) is 4.01. The van der Waals surface area contributed by atoms with Crippen molar-refractivity contribution in [1.29, 1.82) is 0 Å². The predicted octanol–water partition coefficient (Wildman–Crippen LogP) is 3.81. The van der Waals surface area contributed by atoms with Gasteiger partial charge in [0.2, 0.25) is 17.7 Å². The molecule has 5 aromatic rings. The monoisotopic (exact) mass is 868 g/mol. The van der Waals surface area contributed by atoms with Crippen LogP contribution in [0, 0.1) is 0 Å². The Morgan fingerprint density at radius 2 is 1.55 bits per heavy atom. The zero-order valence-corrected chi connectivity index (χ0v) is 36.3. The van der Waals surface area contributed by atoms with E-state index in [0.29, 0.717) is 16.7 Å². The molecule has 0 saturated carbocycles. The van der Waals surface area contributed by atoms with Crippen LogP contribution in [0.4, 0.5) is 0 Å². The second-order valence-electron chi connectivity index (χ2n) is 15.0. The average molecular weight is 869 g/mol. The lowest BCUT2D eigenvalue weighted by Gasteiger charge is -2.23. The second-order valence-corrected chi connectivity index (χ2v) is 15.9. The number of thiazole rings is 1. The normalized spacial score (nSPS) is 12.6. The van der Waals surface area contributed by atoms with Gasteiger partial charge in [-0.15, -0.1) is 11.3 Å². The summed E-state index contributed by atoms with van der Waals surface area (Å²) < 4.78 is 10.5. The van der Waals surface area contributed by atoms with Gasteiger partial charge in [-0.2, -0.15) is 0 Å². The Morgan fingerprint density at radius 1 is 0.855 bits per heavy atom. The Bertz CT molecular complexity index is 2470. The highest BCUT2D eigenvalue weighted by molar-refractivity contribution is 7.09. The number of amides is 5. The van der Waals surface area contributed by atoms with E-state index in [1.54, 1.807) is 30.8 Å². The lowest BCUT2D eigenvalue weighted by Crippen LogP contribution is -2.53. The van der Waals surface area contributed by atoms with Gasteiger partial charge in [-0.1, -0.05) is 44.7 Å². The number of ether oxygens (including phenoxy) is 2. The Labute approximate surface area is 362 Å². The number of esters is 1. The first kappa shape index (κ1) is 46.2. The molecule has 0 spiro atoms. The number of likely N-dealkylation sites (N-methyl/N-ethyl adjacent to an activating group) is 1. The van der Waals surface area contributed by atoms with Gasteiger partial charge >= 0.3 is 5.97 Å². The fraction of sp³-hybridized carbons (Fsp3) is 0.364. The van der Waals surface area contributed by atoms with Crippen molar-refractivity contribution in [3.8, 4) is 5.75 Å². The number of carbonyl (C=O) groups is 7. The zero-order chi connectivity index (χ0) is 45.1. The van der Waals surface area contributed by atoms with Crippen LogP contribution in [-0.2, 0) is 46.3 Å². The van der Waals surface area contributed by atoms with E-state index in [1.165, 1.54) is 32.4 Å². The molecule has 0 aliphatic rings. The van der Waals surface area contributed by atoms with Crippen LogP contribution in [-0.4, -0.2) is 107 Å². The topological polar surface area (TPSA) is 234 Å². The van der Waals surface area contributed by atoms with Gasteiger partial charge in [0.15, 0.2) is 5.78 Å². The summed E-state index contributed by atoms with van der Waals surface area (Å²) in [6, 6.07) is 9.54. The van der Waals surface area contributed by atoms with Gasteiger partial charge in [0, 0.05) is 78.2 Å². The van der Waals surface area contributed by atoms with Crippen molar-refractivity contribution in [2.45, 2.75) is 77.4 Å². The lowest BCUT2D eigenvalue weighted by molar-refractivity contribution is -0.147. The third kappa shape index (κ3) is 11.7. The highest BCUT2D eigenvalue weighted by Crippen LogP contribution is 2.30. The number of methoxy groups -OCH3 is 1. The fourth-order valence-corrected chi connectivity index (χ4v) is 7.53. The molecule has 5 rings (SSSR count). The molecular weight excluding hydrogens is 817 g/mol. The van der Waals surface area contributed by atoms with E-state index in [1.807, 2.05) is 50.2 Å². The maximum atomic E-state index is 14.4. The van der Waals surface area contributed by atoms with E-state index in [-0.39, 0.29) is 56.1 Å². The summed E-state index contributed by atoms with van der Waals surface area (Å²) in [5.74, 6) is -3.81. The Balaban J connectivity index is 1.32. The van der Waals surface area contributed by atoms with Crippen molar-refractivity contribution in [2.75, 3.05) is 27.3 Å². The number of carbonyl (C=O) groups excluding carboxylic acids is 7. The van der Waals surface area contributed by atoms with Gasteiger partial charge in [0.1, 0.15) is 30.1 Å². The van der Waals surface area contributed by atoms with Crippen LogP contribution < -0.4 is 26.0 Å². The smallest absolute Gasteiger partial charge is 0.325 e. The van der Waals surface area contributed by atoms with Gasteiger partial charge in [0.05, 0.1) is 30.5 Å². The van der Waals surface area contributed by atoms with E-state index >= 15 is 0 Å². The third-order valence-corrected chi connectivity index (χ3v) is 11.1. The fourth-order valence-electron chi connectivity index (χ4n) is 6.71. The van der Waals surface area contributed by atoms with Crippen LogP contribution in [0.15, 0.2) is 72.5 Å². The number of hydrogen-bond donors (Lipinski definition) is 6. The van der Waals surface area contributed by atoms with Crippen LogP contribution in [0.2, 0.25) is 0 Å². The summed E-state index contributed by atoms with van der Waals surface area (Å²) in [4.78, 5) is 104. The first-order valence-corrected chi connectivity index (χ1v) is 21.0. The predicted molar refractivity (Wildman–Crippen MR) is 233 cm³/mol. The maximum absolute atomic E-state index is 14.4. The van der Waals surface area contributed by atoms with Gasteiger partial charge in [-0.25, -0.2) is 4.98 Å². The molecule has 328 valence electrons. The molecule has 0 aliphatic heterocycles. The molecule has 2 aromatic carbocycles. The minimum Gasteiger partial charge on any atom is -0.496 e. The SMILES string of the molecule is C=C(NC(=O)[C@@H](C)NC(=O)CCC(=O)[C@H](Cc1c[nH]c2cccc(OC)c12)NC(=O)[C@H](Cc1c[nH]c2ccccc12)NC(=O)c1csc(C(C)C)n1)C(=O)N(C)CC(=O)OCC. The minimum absolute atomic E-state index is 0.00368. The van der Waals surface area contributed by atoms with Crippen LogP contribution >= 0.6 is 11.3 Å². The van der Waals surface area contributed by atoms with Crippen molar-refractivity contribution < 1.29 is 43.0 Å². The number of ketones is 1. The van der Waals surface area contributed by atoms with Gasteiger partial charge in [-0.05, 0) is 43.2 Å². The first-order chi connectivity index (χ1) is 29.6. The summed E-state index contributed by atoms with van der Waals surface area (Å²) in [7, 11) is 2.87. The summed E-state index contributed by atoms with van der Waals surface area (Å²) in [5.41, 5.74) is 2.86. The summed E-state index contributed by atoms with van der Waals surface area (Å²) in [5, 5.41) is 14.6. The number of aromatic nitrogens is 3. The number of para-hydroxylation sites is 1. The molecular formula is C44H52N8O9S. The maximum Gasteiger partial charge on any atom is 0.325 e. The van der Waals surface area contributed by atoms with Crippen LogP contribution in [0.25, 0.3) is 21.8 Å². The van der Waals surface area contributed by atoms with Gasteiger partial charge in [0.25, 0.3) is 11.8 Å². The number of aromatic amines is 2. The van der Waals surface area contributed by atoms with E-state index in [4.69, 9.17) is 9.47 Å². The van der Waals surface area contributed by atoms with Gasteiger partial charge < -0.3 is 45.6 Å². The molecule has 3 aromatic heterocycles. The lowest BCUT2D eigenvalue weighted by atomic mass is 9.97. The summed E-state index contributed by atoms with van der Waals surface area (Å²) in [6.45, 7) is 10.3. The Hall–Kier alpha value is -6.82. The second kappa shape index (κ2) is 21.1. The number of rotatable bonds is 21. The summed E-state index contributed by atoms with van der Waals surface area (Å²) >= 11 is 1.35. The van der Waals surface area contributed by atoms with Crippen LogP contribution in [0.3, 0.4) is 0 Å². The number of nitrogens with one attached hydrogen (secondary N) is 6. The highest BCUT2D eigenvalue weighted by atomic mass is 32.1. The van der Waals surface area contributed by atoms with E-state index in [2.05, 4.69) is 42.8 Å². The molecule has 3 heterocycles. The quantitative estimate of drug-likeness (QED) is 0.0461. The van der Waals surface area contributed by atoms with Crippen molar-refractivity contribution >= 4 is 74.4 Å². The number of Topliss-reactive ketones (excluding diaryl/α,β-unsaturated/α-hetero) is 1. The number of benzene rings is 2. The van der Waals surface area contributed by atoms with Crippen molar-refractivity contribution in [1.82, 2.24) is 41.1 Å². The van der Waals surface area contributed by atoms with E-state index < -0.39 is 59.4 Å². The van der Waals surface area contributed by atoms with Crippen molar-refractivity contribution in [2.24, 2.45) is 0 Å². The Kier molecular flexibility index (Phi) is 15.8. The Morgan fingerprint density at radius 3 is 2.26 bits per heavy atom. The summed E-state index contributed by atoms with van der Waals surface area (Å²) in [6.07, 6.45) is 2.90. The molecule has 62 heavy (non-hydrogen) atoms. The minimum atomic E-state index is -1.17. The number of H-pyrrole nitrogens is 2. The molecule has 0 aliphatic carbocycles. The molecule has 0 radical (unpaired) electrons. The van der Waals surface area contributed by atoms with Gasteiger partial charge in [-0.3, -0.25) is 33.6 Å². The van der Waals surface area contributed by atoms with E-state index in [0.717, 1.165) is 31.9 Å². The van der Waals surface area contributed by atoms with Crippen molar-refractivity contribution in [3.63, 3.8) is 0 Å². The molecule has 3 atom stereocenters. The molecule has 0 bridgehead atoms. The number of hydrogen-bond acceptors (Lipinski definition) is 11. The highest BCUT2D eigenvalue weighted by Gasteiger charge is 2.30. The molecule has 17 nitrogen and oxygen atoms in total. The molecule has 6 N–H and O–H groups in total. The standard InChI is InChI=1S/C44H52N8O9S/c1-8-61-38(55)22-52(6)44(59)26(5)48-40(56)25(4)47-37(54)17-16-35(53)32(19-28-21-46-31-14-11-15-36(60-7)39(28)31)49-41(57)33(18-27-20-45-30-13-10-9-12-29(27)30)50-42(58)34-23-62-43(51-34)24(2)3/h9-15,20-21,23-25,32-33,45-46H,5,8,16-19,22H2,1-4,6-7H3,(H,47,54)(H,48,56)(H,49,57)(H,50,58)/t25-,32+,33+/m1/s1. The first-order valence-electron chi connectivity index (χ1n) is 20.1. The van der Waals surface area contributed by atoms with Crippen molar-refractivity contribution in [3.05, 3.63) is 94.3 Å². The number of fused-ring (bicyclic) bond motifs is 2. The van der Waals surface area contributed by atoms with E-state index in [9.17, 15) is 33.6 Å². The molecule has 5 amide bonds. The molecule has 18 heteroatoms. The molecule has 0 saturated heterocycles. The largest absolute Gasteiger partial charge is 0.496 e. The number of nitrogens with zero attached hydrogens (tertiary/aromatic N) is 2.